The number of anilines is 2. The zero-order valence-corrected chi connectivity index (χ0v) is 8.66. The van der Waals surface area contributed by atoms with Crippen LogP contribution in [0.3, 0.4) is 0 Å². The number of nitrogens with two attached hydrogens (primary N) is 1. The van der Waals surface area contributed by atoms with Crippen molar-refractivity contribution in [3.63, 3.8) is 0 Å². The number of piperidine rings is 1. The second-order valence-electron chi connectivity index (χ2n) is 3.93. The minimum atomic E-state index is 0.803. The van der Waals surface area contributed by atoms with Gasteiger partial charge in [-0.3, -0.25) is 4.98 Å². The van der Waals surface area contributed by atoms with Crippen LogP contribution in [0, 0.1) is 6.92 Å². The van der Waals surface area contributed by atoms with Crippen molar-refractivity contribution in [2.45, 2.75) is 26.2 Å². The maximum atomic E-state index is 5.92. The topological polar surface area (TPSA) is 42.1 Å². The van der Waals surface area contributed by atoms with Gasteiger partial charge in [0.25, 0.3) is 0 Å². The van der Waals surface area contributed by atoms with E-state index in [0.717, 1.165) is 30.2 Å². The molecule has 76 valence electrons. The molecule has 2 rings (SSSR count). The third kappa shape index (κ3) is 1.81. The van der Waals surface area contributed by atoms with Crippen molar-refractivity contribution in [2.24, 2.45) is 0 Å². The molecule has 0 bridgehead atoms. The number of pyridine rings is 1. The molecule has 0 unspecified atom stereocenters. The molecule has 1 aliphatic rings. The number of nitrogen functional groups attached to an aromatic ring is 1. The number of hydrogen-bond donors (Lipinski definition) is 1. The first-order chi connectivity index (χ1) is 6.77. The second kappa shape index (κ2) is 3.86. The van der Waals surface area contributed by atoms with Crippen molar-refractivity contribution in [3.05, 3.63) is 18.0 Å². The molecule has 0 spiro atoms. The lowest BCUT2D eigenvalue weighted by molar-refractivity contribution is 0.578. The number of aromatic nitrogens is 1. The van der Waals surface area contributed by atoms with E-state index in [0.29, 0.717) is 0 Å². The van der Waals surface area contributed by atoms with Crippen molar-refractivity contribution >= 4 is 11.4 Å². The van der Waals surface area contributed by atoms with Crippen molar-refractivity contribution < 1.29 is 0 Å². The average molecular weight is 191 g/mol. The molecule has 2 N–H and O–H groups in total. The van der Waals surface area contributed by atoms with Crippen LogP contribution in [0.4, 0.5) is 11.4 Å². The van der Waals surface area contributed by atoms with Gasteiger partial charge in [-0.25, -0.2) is 0 Å². The molecule has 3 heteroatoms. The molecule has 3 nitrogen and oxygen atoms in total. The molecule has 0 saturated carbocycles. The average Bonchev–Trinajstić information content (AvgIpc) is 2.23. The van der Waals surface area contributed by atoms with Crippen molar-refractivity contribution in [1.29, 1.82) is 0 Å². The lowest BCUT2D eigenvalue weighted by atomic mass is 10.1. The van der Waals surface area contributed by atoms with E-state index in [4.69, 9.17) is 5.73 Å². The fourth-order valence-corrected chi connectivity index (χ4v) is 1.96. The summed E-state index contributed by atoms with van der Waals surface area (Å²) in [5.41, 5.74) is 8.92. The monoisotopic (exact) mass is 191 g/mol. The van der Waals surface area contributed by atoms with Gasteiger partial charge in [-0.1, -0.05) is 0 Å². The highest BCUT2D eigenvalue weighted by Crippen LogP contribution is 2.25. The zero-order valence-electron chi connectivity index (χ0n) is 8.66. The van der Waals surface area contributed by atoms with Crippen LogP contribution < -0.4 is 10.6 Å². The van der Waals surface area contributed by atoms with E-state index in [1.807, 2.05) is 6.92 Å². The lowest BCUT2D eigenvalue weighted by Crippen LogP contribution is -2.30. The summed E-state index contributed by atoms with van der Waals surface area (Å²) in [5, 5.41) is 0. The summed E-state index contributed by atoms with van der Waals surface area (Å²) in [6, 6.07) is 2.08. The molecular formula is C11H17N3. The fraction of sp³-hybridized carbons (Fsp3) is 0.545. The van der Waals surface area contributed by atoms with E-state index in [2.05, 4.69) is 16.0 Å². The molecule has 0 aliphatic carbocycles. The first-order valence-electron chi connectivity index (χ1n) is 5.24. The van der Waals surface area contributed by atoms with E-state index in [1.54, 1.807) is 6.20 Å². The Labute approximate surface area is 84.9 Å². The SMILES string of the molecule is Cc1cc(N2CCCCC2)c(N)cn1. The smallest absolute Gasteiger partial charge is 0.0738 e. The maximum absolute atomic E-state index is 5.92. The van der Waals surface area contributed by atoms with Gasteiger partial charge in [0.15, 0.2) is 0 Å². The fourth-order valence-electron chi connectivity index (χ4n) is 1.96. The molecule has 0 atom stereocenters. The van der Waals surface area contributed by atoms with Gasteiger partial charge in [0.05, 0.1) is 17.6 Å². The summed E-state index contributed by atoms with van der Waals surface area (Å²) >= 11 is 0. The zero-order chi connectivity index (χ0) is 9.97. The van der Waals surface area contributed by atoms with Crippen molar-refractivity contribution in [2.75, 3.05) is 23.7 Å². The van der Waals surface area contributed by atoms with Gasteiger partial charge >= 0.3 is 0 Å². The van der Waals surface area contributed by atoms with Gasteiger partial charge in [-0.05, 0) is 32.3 Å². The Morgan fingerprint density at radius 3 is 2.71 bits per heavy atom. The Morgan fingerprint density at radius 2 is 2.00 bits per heavy atom. The van der Waals surface area contributed by atoms with E-state index in [-0.39, 0.29) is 0 Å². The van der Waals surface area contributed by atoms with E-state index < -0.39 is 0 Å². The van der Waals surface area contributed by atoms with Crippen LogP contribution in [0.15, 0.2) is 12.3 Å². The highest BCUT2D eigenvalue weighted by atomic mass is 15.1. The van der Waals surface area contributed by atoms with Crippen LogP contribution in [0.25, 0.3) is 0 Å². The minimum Gasteiger partial charge on any atom is -0.396 e. The lowest BCUT2D eigenvalue weighted by Gasteiger charge is -2.29. The van der Waals surface area contributed by atoms with Gasteiger partial charge in [-0.2, -0.15) is 0 Å². The number of rotatable bonds is 1. The van der Waals surface area contributed by atoms with Crippen LogP contribution in [0.2, 0.25) is 0 Å². The largest absolute Gasteiger partial charge is 0.396 e. The second-order valence-corrected chi connectivity index (χ2v) is 3.93. The van der Waals surface area contributed by atoms with Crippen LogP contribution in [-0.4, -0.2) is 18.1 Å². The van der Waals surface area contributed by atoms with Crippen LogP contribution >= 0.6 is 0 Å². The molecule has 2 heterocycles. The Hall–Kier alpha value is -1.25. The molecule has 0 radical (unpaired) electrons. The van der Waals surface area contributed by atoms with E-state index >= 15 is 0 Å². The number of hydrogen-bond acceptors (Lipinski definition) is 3. The summed E-state index contributed by atoms with van der Waals surface area (Å²) in [6.45, 7) is 4.27. The predicted molar refractivity (Wildman–Crippen MR) is 59.5 cm³/mol. The normalized spacial score (nSPS) is 17.1. The molecule has 1 aliphatic heterocycles. The molecule has 0 aromatic carbocycles. The van der Waals surface area contributed by atoms with E-state index in [9.17, 15) is 0 Å². The van der Waals surface area contributed by atoms with Crippen LogP contribution in [-0.2, 0) is 0 Å². The van der Waals surface area contributed by atoms with Gasteiger partial charge in [0, 0.05) is 18.8 Å². The highest BCUT2D eigenvalue weighted by Gasteiger charge is 2.13. The summed E-state index contributed by atoms with van der Waals surface area (Å²) in [6.07, 6.45) is 5.67. The molecule has 1 aromatic rings. The third-order valence-electron chi connectivity index (χ3n) is 2.75. The molecule has 1 aromatic heterocycles. The highest BCUT2D eigenvalue weighted by molar-refractivity contribution is 5.66. The molecule has 1 fully saturated rings. The van der Waals surface area contributed by atoms with Crippen molar-refractivity contribution in [1.82, 2.24) is 4.98 Å². The van der Waals surface area contributed by atoms with Crippen LogP contribution in [0.1, 0.15) is 25.0 Å². The van der Waals surface area contributed by atoms with Gasteiger partial charge in [-0.15, -0.1) is 0 Å². The third-order valence-corrected chi connectivity index (χ3v) is 2.75. The first kappa shape index (κ1) is 9.31. The summed E-state index contributed by atoms with van der Waals surface area (Å²) in [4.78, 5) is 6.55. The summed E-state index contributed by atoms with van der Waals surface area (Å²) in [7, 11) is 0. The summed E-state index contributed by atoms with van der Waals surface area (Å²) in [5.74, 6) is 0. The molecule has 14 heavy (non-hydrogen) atoms. The molecule has 1 saturated heterocycles. The van der Waals surface area contributed by atoms with Crippen LogP contribution in [0.5, 0.6) is 0 Å². The quantitative estimate of drug-likeness (QED) is 0.738. The predicted octanol–water partition coefficient (Wildman–Crippen LogP) is 1.96. The van der Waals surface area contributed by atoms with Gasteiger partial charge in [0.2, 0.25) is 0 Å². The van der Waals surface area contributed by atoms with E-state index in [1.165, 1.54) is 19.3 Å². The van der Waals surface area contributed by atoms with Gasteiger partial charge < -0.3 is 10.6 Å². The van der Waals surface area contributed by atoms with Gasteiger partial charge in [0.1, 0.15) is 0 Å². The Balaban J connectivity index is 2.24. The first-order valence-corrected chi connectivity index (χ1v) is 5.24. The number of aryl methyl sites for hydroxylation is 1. The minimum absolute atomic E-state index is 0.803. The maximum Gasteiger partial charge on any atom is 0.0738 e. The number of nitrogens with zero attached hydrogens (tertiary/aromatic N) is 2. The Bertz CT molecular complexity index is 316. The Morgan fingerprint density at radius 1 is 1.29 bits per heavy atom. The Kier molecular flexibility index (Phi) is 2.57. The summed E-state index contributed by atoms with van der Waals surface area (Å²) < 4.78 is 0. The van der Waals surface area contributed by atoms with Crippen molar-refractivity contribution in [3.8, 4) is 0 Å². The molecular weight excluding hydrogens is 174 g/mol. The molecule has 0 amide bonds. The standard InChI is InChI=1S/C11H17N3/c1-9-7-11(10(12)8-13-9)14-5-3-2-4-6-14/h7-8H,2-6,12H2,1H3.